The van der Waals surface area contributed by atoms with Crippen molar-refractivity contribution in [1.29, 1.82) is 5.26 Å². The first-order valence-electron chi connectivity index (χ1n) is 11.1. The molecular weight excluding hydrogens is 448 g/mol. The number of carbonyl (C=O) groups is 2. The second kappa shape index (κ2) is 9.81. The monoisotopic (exact) mass is 474 g/mol. The summed E-state index contributed by atoms with van der Waals surface area (Å²) in [7, 11) is 4.47. The van der Waals surface area contributed by atoms with E-state index in [2.05, 4.69) is 11.5 Å². The zero-order valence-electron chi connectivity index (χ0n) is 19.8. The number of nitrogens with two attached hydrogens (primary N) is 1. The van der Waals surface area contributed by atoms with E-state index in [0.717, 1.165) is 0 Å². The van der Waals surface area contributed by atoms with Gasteiger partial charge in [0.1, 0.15) is 5.82 Å². The van der Waals surface area contributed by atoms with E-state index >= 15 is 0 Å². The van der Waals surface area contributed by atoms with Crippen LogP contribution in [-0.4, -0.2) is 38.0 Å². The topological polar surface area (TPSA) is 127 Å². The van der Waals surface area contributed by atoms with Crippen molar-refractivity contribution in [3.8, 4) is 23.3 Å². The summed E-state index contributed by atoms with van der Waals surface area (Å²) in [6.07, 6.45) is 1.42. The molecule has 180 valence electrons. The van der Waals surface area contributed by atoms with Gasteiger partial charge in [0.15, 0.2) is 17.3 Å². The number of nitrogens with one attached hydrogen (secondary N) is 1. The van der Waals surface area contributed by atoms with Gasteiger partial charge in [-0.2, -0.15) is 5.26 Å². The fourth-order valence-electron chi connectivity index (χ4n) is 4.63. The molecule has 4 rings (SSSR count). The van der Waals surface area contributed by atoms with Gasteiger partial charge in [-0.3, -0.25) is 15.0 Å². The zero-order chi connectivity index (χ0) is 25.1. The molecule has 0 bridgehead atoms. The lowest BCUT2D eigenvalue weighted by Gasteiger charge is -2.39. The van der Waals surface area contributed by atoms with Gasteiger partial charge in [-0.05, 0) is 31.0 Å². The Morgan fingerprint density at radius 2 is 1.77 bits per heavy atom. The summed E-state index contributed by atoms with van der Waals surface area (Å²) in [6.45, 7) is 0. The van der Waals surface area contributed by atoms with E-state index in [0.29, 0.717) is 58.9 Å². The zero-order valence-corrected chi connectivity index (χ0v) is 19.8. The van der Waals surface area contributed by atoms with Crippen molar-refractivity contribution < 1.29 is 23.8 Å². The molecule has 1 amide bonds. The molecule has 1 aliphatic carbocycles. The number of hydrazine groups is 1. The van der Waals surface area contributed by atoms with E-state index in [1.54, 1.807) is 42.5 Å². The minimum absolute atomic E-state index is 0.0482. The van der Waals surface area contributed by atoms with Crippen LogP contribution >= 0.6 is 0 Å². The molecule has 0 aromatic heterocycles. The van der Waals surface area contributed by atoms with Gasteiger partial charge >= 0.3 is 0 Å². The number of Topliss-reactive ketones (excluding diaryl/α,β-unsaturated/α-hetero) is 1. The lowest BCUT2D eigenvalue weighted by atomic mass is 9.75. The van der Waals surface area contributed by atoms with Crippen LogP contribution < -0.4 is 25.4 Å². The Bertz CT molecular complexity index is 1280. The molecule has 1 unspecified atom stereocenters. The Hall–Kier alpha value is -4.45. The molecule has 0 radical (unpaired) electrons. The van der Waals surface area contributed by atoms with Gasteiger partial charge in [-0.25, -0.2) is 5.01 Å². The van der Waals surface area contributed by atoms with Gasteiger partial charge in [0.2, 0.25) is 5.75 Å². The number of ketones is 1. The predicted octanol–water partition coefficient (Wildman–Crippen LogP) is 3.16. The van der Waals surface area contributed by atoms with E-state index in [1.165, 1.54) is 26.3 Å². The first-order chi connectivity index (χ1) is 17.0. The Labute approximate surface area is 203 Å². The highest BCUT2D eigenvalue weighted by atomic mass is 16.5. The Kier molecular flexibility index (Phi) is 6.64. The van der Waals surface area contributed by atoms with Gasteiger partial charge in [-0.15, -0.1) is 0 Å². The van der Waals surface area contributed by atoms with Crippen molar-refractivity contribution in [2.24, 2.45) is 5.73 Å². The highest BCUT2D eigenvalue weighted by Crippen LogP contribution is 2.50. The number of carbonyl (C=O) groups excluding carboxylic acids is 2. The SMILES string of the molecule is COc1ccc(C2C(C#N)=C(N)N(NC(=O)c3ccccc3)C3=C2C(=O)CCC3)c(OC)c1OC. The molecule has 3 N–H and O–H groups in total. The largest absolute Gasteiger partial charge is 0.493 e. The minimum Gasteiger partial charge on any atom is -0.493 e. The smallest absolute Gasteiger partial charge is 0.270 e. The quantitative estimate of drug-likeness (QED) is 0.654. The third-order valence-electron chi connectivity index (χ3n) is 6.21. The molecule has 0 spiro atoms. The molecule has 1 atom stereocenters. The van der Waals surface area contributed by atoms with Crippen molar-refractivity contribution in [1.82, 2.24) is 10.4 Å². The Morgan fingerprint density at radius 3 is 2.40 bits per heavy atom. The van der Waals surface area contributed by atoms with Gasteiger partial charge in [0.05, 0.1) is 38.9 Å². The maximum atomic E-state index is 13.3. The maximum Gasteiger partial charge on any atom is 0.270 e. The van der Waals surface area contributed by atoms with E-state index < -0.39 is 11.8 Å². The molecule has 0 fully saturated rings. The number of allylic oxidation sites excluding steroid dienone is 3. The summed E-state index contributed by atoms with van der Waals surface area (Å²) < 4.78 is 16.6. The highest BCUT2D eigenvalue weighted by Gasteiger charge is 2.42. The molecule has 2 aromatic carbocycles. The molecule has 0 saturated heterocycles. The summed E-state index contributed by atoms with van der Waals surface area (Å²) in [5, 5.41) is 11.6. The van der Waals surface area contributed by atoms with E-state index in [1.807, 2.05) is 0 Å². The predicted molar refractivity (Wildman–Crippen MR) is 127 cm³/mol. The summed E-state index contributed by atoms with van der Waals surface area (Å²) in [4.78, 5) is 26.2. The minimum atomic E-state index is -0.789. The van der Waals surface area contributed by atoms with Gasteiger partial charge in [0.25, 0.3) is 5.91 Å². The first-order valence-corrected chi connectivity index (χ1v) is 11.1. The fourth-order valence-corrected chi connectivity index (χ4v) is 4.63. The molecule has 2 aromatic rings. The van der Waals surface area contributed by atoms with E-state index in [4.69, 9.17) is 19.9 Å². The van der Waals surface area contributed by atoms with Crippen LogP contribution in [0.15, 0.2) is 65.1 Å². The first kappa shape index (κ1) is 23.7. The van der Waals surface area contributed by atoms with Crippen LogP contribution in [0.4, 0.5) is 0 Å². The van der Waals surface area contributed by atoms with Gasteiger partial charge < -0.3 is 19.9 Å². The normalized spacial score (nSPS) is 17.5. The van der Waals surface area contributed by atoms with Gasteiger partial charge in [-0.1, -0.05) is 24.3 Å². The number of hydrogen-bond acceptors (Lipinski definition) is 8. The number of methoxy groups -OCH3 is 3. The van der Waals surface area contributed by atoms with Crippen molar-refractivity contribution in [3.05, 3.63) is 76.3 Å². The van der Waals surface area contributed by atoms with Crippen LogP contribution in [0.5, 0.6) is 17.2 Å². The molecule has 1 aliphatic heterocycles. The second-order valence-electron chi connectivity index (χ2n) is 8.05. The molecule has 0 saturated carbocycles. The molecule has 1 heterocycles. The van der Waals surface area contributed by atoms with Crippen molar-refractivity contribution in [3.63, 3.8) is 0 Å². The lowest BCUT2D eigenvalue weighted by Crippen LogP contribution is -2.48. The van der Waals surface area contributed by atoms with Crippen LogP contribution in [0.25, 0.3) is 0 Å². The summed E-state index contributed by atoms with van der Waals surface area (Å²) in [6, 6.07) is 14.2. The number of ether oxygens (including phenoxy) is 3. The fraction of sp³-hybridized carbons (Fsp3) is 0.269. The van der Waals surface area contributed by atoms with E-state index in [-0.39, 0.29) is 17.2 Å². The Balaban J connectivity index is 1.89. The number of benzene rings is 2. The number of nitrogens with zero attached hydrogens (tertiary/aromatic N) is 2. The van der Waals surface area contributed by atoms with Crippen LogP contribution in [0, 0.1) is 11.3 Å². The Morgan fingerprint density at radius 1 is 1.06 bits per heavy atom. The lowest BCUT2D eigenvalue weighted by molar-refractivity contribution is -0.116. The van der Waals surface area contributed by atoms with Crippen LogP contribution in [0.3, 0.4) is 0 Å². The number of amides is 1. The maximum absolute atomic E-state index is 13.3. The third kappa shape index (κ3) is 4.04. The van der Waals surface area contributed by atoms with Crippen LogP contribution in [0.2, 0.25) is 0 Å². The number of hydrogen-bond donors (Lipinski definition) is 2. The van der Waals surface area contributed by atoms with E-state index in [9.17, 15) is 14.9 Å². The molecule has 9 heteroatoms. The second-order valence-corrected chi connectivity index (χ2v) is 8.05. The summed E-state index contributed by atoms with van der Waals surface area (Å²) in [5.41, 5.74) is 11.3. The van der Waals surface area contributed by atoms with Crippen molar-refractivity contribution >= 4 is 11.7 Å². The van der Waals surface area contributed by atoms with Crippen molar-refractivity contribution in [2.45, 2.75) is 25.2 Å². The third-order valence-corrected chi connectivity index (χ3v) is 6.21. The van der Waals surface area contributed by atoms with Crippen LogP contribution in [-0.2, 0) is 4.79 Å². The van der Waals surface area contributed by atoms with Crippen LogP contribution in [0.1, 0.15) is 41.1 Å². The van der Waals surface area contributed by atoms with Gasteiger partial charge in [0, 0.05) is 28.8 Å². The number of nitriles is 1. The molecular formula is C26H26N4O5. The molecule has 2 aliphatic rings. The standard InChI is InChI=1S/C26H26N4O5/c1-33-20-13-12-16(23(34-2)24(20)35-3)21-17(14-27)25(28)30(18-10-7-11-19(31)22(18)21)29-26(32)15-8-5-4-6-9-15/h4-6,8-9,12-13,21H,7,10-11,28H2,1-3H3,(H,29,32). The van der Waals surface area contributed by atoms with Crippen molar-refractivity contribution in [2.75, 3.05) is 21.3 Å². The molecule has 35 heavy (non-hydrogen) atoms. The number of rotatable bonds is 6. The average Bonchev–Trinajstić information content (AvgIpc) is 2.89. The average molecular weight is 475 g/mol. The highest BCUT2D eigenvalue weighted by molar-refractivity contribution is 6.00. The summed E-state index contributed by atoms with van der Waals surface area (Å²) >= 11 is 0. The molecule has 9 nitrogen and oxygen atoms in total. The summed E-state index contributed by atoms with van der Waals surface area (Å²) in [5.74, 6) is -0.141.